The highest BCUT2D eigenvalue weighted by molar-refractivity contribution is 4.79. The van der Waals surface area contributed by atoms with Crippen LogP contribution in [0.3, 0.4) is 0 Å². The van der Waals surface area contributed by atoms with Crippen LogP contribution in [0, 0.1) is 5.92 Å². The maximum absolute atomic E-state index is 2.71. The standard InChI is InChI=1S/C12H25N/c1-10(2)12-8-6-5-7-9-13(12)11(3)4/h10-12H,5-9H2,1-4H3/t12-/m0/s1. The Kier molecular flexibility index (Phi) is 4.24. The molecule has 1 atom stereocenters. The van der Waals surface area contributed by atoms with Gasteiger partial charge in [0.25, 0.3) is 0 Å². The molecule has 0 saturated carbocycles. The first-order valence-electron chi connectivity index (χ1n) is 5.88. The summed E-state index contributed by atoms with van der Waals surface area (Å²) in [5, 5.41) is 0. The Bertz CT molecular complexity index is 124. The van der Waals surface area contributed by atoms with E-state index in [4.69, 9.17) is 0 Å². The second kappa shape index (κ2) is 4.99. The van der Waals surface area contributed by atoms with E-state index in [1.807, 2.05) is 0 Å². The van der Waals surface area contributed by atoms with Crippen LogP contribution in [0.2, 0.25) is 0 Å². The zero-order valence-corrected chi connectivity index (χ0v) is 9.71. The van der Waals surface area contributed by atoms with E-state index in [1.165, 1.54) is 32.2 Å². The topological polar surface area (TPSA) is 3.24 Å². The molecule has 1 aliphatic heterocycles. The van der Waals surface area contributed by atoms with Gasteiger partial charge in [0.1, 0.15) is 0 Å². The monoisotopic (exact) mass is 183 g/mol. The lowest BCUT2D eigenvalue weighted by Gasteiger charge is -2.36. The Balaban J connectivity index is 2.61. The maximum Gasteiger partial charge on any atom is 0.0121 e. The minimum Gasteiger partial charge on any atom is -0.298 e. The molecule has 0 aromatic heterocycles. The van der Waals surface area contributed by atoms with Crippen molar-refractivity contribution in [2.24, 2.45) is 5.92 Å². The largest absolute Gasteiger partial charge is 0.298 e. The third-order valence-corrected chi connectivity index (χ3v) is 3.28. The molecule has 1 heterocycles. The first-order valence-corrected chi connectivity index (χ1v) is 5.88. The second-order valence-electron chi connectivity index (χ2n) is 4.99. The van der Waals surface area contributed by atoms with E-state index < -0.39 is 0 Å². The van der Waals surface area contributed by atoms with Gasteiger partial charge >= 0.3 is 0 Å². The van der Waals surface area contributed by atoms with Crippen molar-refractivity contribution < 1.29 is 0 Å². The predicted octanol–water partition coefficient (Wildman–Crippen LogP) is 3.30. The minimum atomic E-state index is 0.727. The molecule has 1 saturated heterocycles. The van der Waals surface area contributed by atoms with Gasteiger partial charge in [0.05, 0.1) is 0 Å². The summed E-state index contributed by atoms with van der Waals surface area (Å²) in [7, 11) is 0. The van der Waals surface area contributed by atoms with Crippen LogP contribution in [0.15, 0.2) is 0 Å². The van der Waals surface area contributed by atoms with Gasteiger partial charge in [-0.25, -0.2) is 0 Å². The highest BCUT2D eigenvalue weighted by Crippen LogP contribution is 2.24. The summed E-state index contributed by atoms with van der Waals surface area (Å²) in [6, 6.07) is 1.56. The molecule has 0 aromatic carbocycles. The fraction of sp³-hybridized carbons (Fsp3) is 1.00. The molecule has 0 N–H and O–H groups in total. The summed E-state index contributed by atoms with van der Waals surface area (Å²) in [5.41, 5.74) is 0. The molecule has 13 heavy (non-hydrogen) atoms. The lowest BCUT2D eigenvalue weighted by atomic mass is 9.97. The number of likely N-dealkylation sites (tertiary alicyclic amines) is 1. The van der Waals surface area contributed by atoms with Gasteiger partial charge in [-0.05, 0) is 39.2 Å². The number of nitrogens with zero attached hydrogens (tertiary/aromatic N) is 1. The van der Waals surface area contributed by atoms with E-state index in [0.717, 1.165) is 18.0 Å². The van der Waals surface area contributed by atoms with Crippen LogP contribution in [0.4, 0.5) is 0 Å². The molecule has 0 unspecified atom stereocenters. The van der Waals surface area contributed by atoms with Crippen molar-refractivity contribution >= 4 is 0 Å². The summed E-state index contributed by atoms with van der Waals surface area (Å²) in [6.45, 7) is 10.7. The lowest BCUT2D eigenvalue weighted by Crippen LogP contribution is -2.42. The van der Waals surface area contributed by atoms with Crippen LogP contribution in [-0.4, -0.2) is 23.5 Å². The van der Waals surface area contributed by atoms with Gasteiger partial charge in [0.15, 0.2) is 0 Å². The molecule has 1 nitrogen and oxygen atoms in total. The number of hydrogen-bond donors (Lipinski definition) is 0. The van der Waals surface area contributed by atoms with Crippen molar-refractivity contribution in [2.45, 2.75) is 65.5 Å². The molecule has 0 aliphatic carbocycles. The van der Waals surface area contributed by atoms with Gasteiger partial charge in [-0.3, -0.25) is 4.90 Å². The summed E-state index contributed by atoms with van der Waals surface area (Å²) in [5.74, 6) is 0.820. The second-order valence-corrected chi connectivity index (χ2v) is 4.99. The Labute approximate surface area is 83.5 Å². The molecule has 0 aromatic rings. The maximum atomic E-state index is 2.71. The van der Waals surface area contributed by atoms with Crippen molar-refractivity contribution in [3.63, 3.8) is 0 Å². The summed E-state index contributed by atoms with van der Waals surface area (Å²) < 4.78 is 0. The normalized spacial score (nSPS) is 26.8. The smallest absolute Gasteiger partial charge is 0.0121 e. The van der Waals surface area contributed by atoms with Crippen LogP contribution < -0.4 is 0 Å². The fourth-order valence-electron chi connectivity index (χ4n) is 2.51. The molecule has 1 heteroatoms. The molecule has 0 amide bonds. The van der Waals surface area contributed by atoms with Crippen LogP contribution in [0.1, 0.15) is 53.4 Å². The van der Waals surface area contributed by atoms with Gasteiger partial charge in [-0.15, -0.1) is 0 Å². The Morgan fingerprint density at radius 2 is 1.69 bits per heavy atom. The number of rotatable bonds is 2. The van der Waals surface area contributed by atoms with Crippen LogP contribution in [0.25, 0.3) is 0 Å². The summed E-state index contributed by atoms with van der Waals surface area (Å²) >= 11 is 0. The molecule has 0 radical (unpaired) electrons. The van der Waals surface area contributed by atoms with Crippen molar-refractivity contribution in [1.29, 1.82) is 0 Å². The first kappa shape index (κ1) is 11.0. The lowest BCUT2D eigenvalue weighted by molar-refractivity contribution is 0.121. The van der Waals surface area contributed by atoms with Gasteiger partial charge < -0.3 is 0 Å². The highest BCUT2D eigenvalue weighted by atomic mass is 15.2. The van der Waals surface area contributed by atoms with Crippen LogP contribution in [-0.2, 0) is 0 Å². The van der Waals surface area contributed by atoms with Crippen molar-refractivity contribution in [3.8, 4) is 0 Å². The van der Waals surface area contributed by atoms with E-state index in [-0.39, 0.29) is 0 Å². The zero-order valence-electron chi connectivity index (χ0n) is 9.71. The van der Waals surface area contributed by atoms with Gasteiger partial charge in [0.2, 0.25) is 0 Å². The predicted molar refractivity (Wildman–Crippen MR) is 58.9 cm³/mol. The summed E-state index contributed by atoms with van der Waals surface area (Å²) in [4.78, 5) is 2.71. The van der Waals surface area contributed by atoms with Gasteiger partial charge in [0, 0.05) is 12.1 Å². The molecular weight excluding hydrogens is 158 g/mol. The number of hydrogen-bond acceptors (Lipinski definition) is 1. The third-order valence-electron chi connectivity index (χ3n) is 3.28. The van der Waals surface area contributed by atoms with Crippen molar-refractivity contribution in [2.75, 3.05) is 6.54 Å². The molecule has 1 rings (SSSR count). The van der Waals surface area contributed by atoms with E-state index >= 15 is 0 Å². The average Bonchev–Trinajstić information content (AvgIpc) is 2.27. The quantitative estimate of drug-likeness (QED) is 0.635. The van der Waals surface area contributed by atoms with Gasteiger partial charge in [-0.1, -0.05) is 26.7 Å². The molecule has 0 spiro atoms. The van der Waals surface area contributed by atoms with Crippen LogP contribution in [0.5, 0.6) is 0 Å². The molecule has 1 aliphatic rings. The third kappa shape index (κ3) is 2.98. The van der Waals surface area contributed by atoms with Crippen LogP contribution >= 0.6 is 0 Å². The highest BCUT2D eigenvalue weighted by Gasteiger charge is 2.25. The Morgan fingerprint density at radius 3 is 2.23 bits per heavy atom. The molecule has 78 valence electrons. The van der Waals surface area contributed by atoms with Crippen molar-refractivity contribution in [3.05, 3.63) is 0 Å². The minimum absolute atomic E-state index is 0.727. The molecular formula is C12H25N. The van der Waals surface area contributed by atoms with Crippen molar-refractivity contribution in [1.82, 2.24) is 4.90 Å². The molecule has 0 bridgehead atoms. The van der Waals surface area contributed by atoms with E-state index in [9.17, 15) is 0 Å². The SMILES string of the molecule is CC(C)[C@@H]1CCCCCN1C(C)C. The van der Waals surface area contributed by atoms with E-state index in [2.05, 4.69) is 32.6 Å². The molecule has 1 fully saturated rings. The average molecular weight is 183 g/mol. The Hall–Kier alpha value is -0.0400. The van der Waals surface area contributed by atoms with Gasteiger partial charge in [-0.2, -0.15) is 0 Å². The first-order chi connectivity index (χ1) is 6.13. The van der Waals surface area contributed by atoms with E-state index in [1.54, 1.807) is 0 Å². The fourth-order valence-corrected chi connectivity index (χ4v) is 2.51. The Morgan fingerprint density at radius 1 is 1.00 bits per heavy atom. The van der Waals surface area contributed by atoms with E-state index in [0.29, 0.717) is 0 Å². The summed E-state index contributed by atoms with van der Waals surface area (Å²) in [6.07, 6.45) is 5.69. The zero-order chi connectivity index (χ0) is 9.84.